The zero-order valence-electron chi connectivity index (χ0n) is 12.1. The monoisotopic (exact) mass is 266 g/mol. The summed E-state index contributed by atoms with van der Waals surface area (Å²) in [6.45, 7) is 7.72. The second kappa shape index (κ2) is 5.99. The molecule has 1 aromatic heterocycles. The fourth-order valence-corrected chi connectivity index (χ4v) is 1.99. The van der Waals surface area contributed by atoms with Gasteiger partial charge in [0.25, 0.3) is 0 Å². The van der Waals surface area contributed by atoms with E-state index in [1.165, 1.54) is 0 Å². The van der Waals surface area contributed by atoms with Crippen LogP contribution in [0.5, 0.6) is 0 Å². The lowest BCUT2D eigenvalue weighted by Crippen LogP contribution is -2.26. The van der Waals surface area contributed by atoms with Crippen molar-refractivity contribution in [3.05, 3.63) is 27.9 Å². The van der Waals surface area contributed by atoms with Crippen LogP contribution in [0.2, 0.25) is 0 Å². The summed E-state index contributed by atoms with van der Waals surface area (Å²) in [5, 5.41) is 9.01. The van der Waals surface area contributed by atoms with Crippen LogP contribution < -0.4 is 5.69 Å². The number of aryl methyl sites for hydroxylation is 2. The molecule has 0 unspecified atom stereocenters. The predicted octanol–water partition coefficient (Wildman–Crippen LogP) is 2.14. The molecule has 0 aliphatic rings. The molecule has 1 aromatic rings. The van der Waals surface area contributed by atoms with E-state index in [1.54, 1.807) is 25.3 Å². The van der Waals surface area contributed by atoms with Crippen molar-refractivity contribution in [2.75, 3.05) is 0 Å². The summed E-state index contributed by atoms with van der Waals surface area (Å²) in [6.07, 6.45) is 2.16. The molecule has 1 heterocycles. The van der Waals surface area contributed by atoms with E-state index in [2.05, 4.69) is 4.98 Å². The highest BCUT2D eigenvalue weighted by molar-refractivity contribution is 5.73. The molecule has 0 aliphatic carbocycles. The fourth-order valence-electron chi connectivity index (χ4n) is 1.99. The smallest absolute Gasteiger partial charge is 0.347 e. The van der Waals surface area contributed by atoms with Crippen LogP contribution in [0.1, 0.15) is 44.5 Å². The van der Waals surface area contributed by atoms with Crippen LogP contribution in [0.25, 0.3) is 0 Å². The molecule has 0 fully saturated rings. The summed E-state index contributed by atoms with van der Waals surface area (Å²) >= 11 is 0. The average molecular weight is 266 g/mol. The number of nitrogens with zero attached hydrogens (tertiary/aromatic N) is 2. The molecule has 0 aliphatic heterocycles. The van der Waals surface area contributed by atoms with Gasteiger partial charge in [0.05, 0.1) is 5.41 Å². The van der Waals surface area contributed by atoms with Gasteiger partial charge in [-0.1, -0.05) is 6.42 Å². The minimum absolute atomic E-state index is 0.227. The highest BCUT2D eigenvalue weighted by Crippen LogP contribution is 2.23. The number of carboxylic acid groups (broad SMARTS) is 1. The molecule has 19 heavy (non-hydrogen) atoms. The van der Waals surface area contributed by atoms with Crippen LogP contribution in [-0.2, 0) is 11.3 Å². The van der Waals surface area contributed by atoms with Gasteiger partial charge in [0.2, 0.25) is 0 Å². The summed E-state index contributed by atoms with van der Waals surface area (Å²) in [7, 11) is 0. The highest BCUT2D eigenvalue weighted by Gasteiger charge is 2.25. The van der Waals surface area contributed by atoms with E-state index in [0.29, 0.717) is 13.0 Å². The van der Waals surface area contributed by atoms with Crippen LogP contribution in [-0.4, -0.2) is 20.6 Å². The van der Waals surface area contributed by atoms with Crippen LogP contribution in [0, 0.1) is 19.3 Å². The highest BCUT2D eigenvalue weighted by atomic mass is 16.4. The van der Waals surface area contributed by atoms with Gasteiger partial charge in [-0.3, -0.25) is 9.36 Å². The van der Waals surface area contributed by atoms with Crippen LogP contribution >= 0.6 is 0 Å². The quantitative estimate of drug-likeness (QED) is 0.801. The second-order valence-corrected chi connectivity index (χ2v) is 5.62. The Balaban J connectivity index is 2.56. The SMILES string of the molecule is Cc1cc(C)n(CCCCC(C)(C)C(=O)O)c(=O)n1. The van der Waals surface area contributed by atoms with Crippen LogP contribution in [0.15, 0.2) is 10.9 Å². The summed E-state index contributed by atoms with van der Waals surface area (Å²) in [4.78, 5) is 26.6. The third kappa shape index (κ3) is 4.19. The molecule has 1 rings (SSSR count). The number of carboxylic acids is 1. The van der Waals surface area contributed by atoms with Gasteiger partial charge in [0, 0.05) is 17.9 Å². The first-order valence-electron chi connectivity index (χ1n) is 6.52. The number of unbranched alkanes of at least 4 members (excludes halogenated alkanes) is 1. The zero-order chi connectivity index (χ0) is 14.6. The summed E-state index contributed by atoms with van der Waals surface area (Å²) in [6, 6.07) is 1.88. The lowest BCUT2D eigenvalue weighted by atomic mass is 9.87. The molecular weight excluding hydrogens is 244 g/mol. The van der Waals surface area contributed by atoms with E-state index >= 15 is 0 Å². The molecule has 0 radical (unpaired) electrons. The maximum Gasteiger partial charge on any atom is 0.347 e. The molecule has 1 N–H and O–H groups in total. The Hall–Kier alpha value is -1.65. The molecule has 0 saturated heterocycles. The van der Waals surface area contributed by atoms with Gasteiger partial charge in [0.1, 0.15) is 0 Å². The normalized spacial score (nSPS) is 11.6. The topological polar surface area (TPSA) is 72.2 Å². The maximum atomic E-state index is 11.7. The summed E-state index contributed by atoms with van der Waals surface area (Å²) in [5.74, 6) is -0.780. The van der Waals surface area contributed by atoms with Gasteiger partial charge in [-0.15, -0.1) is 0 Å². The number of aliphatic carboxylic acids is 1. The standard InChI is InChI=1S/C14H22N2O3/c1-10-9-11(2)16(13(19)15-10)8-6-5-7-14(3,4)12(17)18/h9H,5-8H2,1-4H3,(H,17,18). The first-order chi connectivity index (χ1) is 8.74. The number of aromatic nitrogens is 2. The number of hydrogen-bond donors (Lipinski definition) is 1. The first-order valence-corrected chi connectivity index (χ1v) is 6.52. The van der Waals surface area contributed by atoms with E-state index in [0.717, 1.165) is 24.2 Å². The molecular formula is C14H22N2O3. The summed E-state index contributed by atoms with van der Waals surface area (Å²) < 4.78 is 1.64. The Morgan fingerprint density at radius 2 is 2.00 bits per heavy atom. The first kappa shape index (κ1) is 15.4. The van der Waals surface area contributed by atoms with E-state index in [4.69, 9.17) is 5.11 Å². The molecule has 106 valence electrons. The Bertz CT molecular complexity index is 518. The lowest BCUT2D eigenvalue weighted by molar-refractivity contribution is -0.147. The van der Waals surface area contributed by atoms with Gasteiger partial charge < -0.3 is 5.11 Å². The van der Waals surface area contributed by atoms with E-state index < -0.39 is 11.4 Å². The number of carbonyl (C=O) groups is 1. The molecule has 5 heteroatoms. The Kier molecular flexibility index (Phi) is 4.86. The third-order valence-electron chi connectivity index (χ3n) is 3.36. The number of rotatable bonds is 6. The number of hydrogen-bond acceptors (Lipinski definition) is 3. The molecule has 0 spiro atoms. The van der Waals surface area contributed by atoms with Crippen molar-refractivity contribution in [1.82, 2.24) is 9.55 Å². The van der Waals surface area contributed by atoms with Crippen molar-refractivity contribution >= 4 is 5.97 Å². The molecule has 0 saturated carbocycles. The fraction of sp³-hybridized carbons (Fsp3) is 0.643. The average Bonchev–Trinajstić information content (AvgIpc) is 2.26. The van der Waals surface area contributed by atoms with Crippen molar-refractivity contribution in [2.45, 2.75) is 53.5 Å². The van der Waals surface area contributed by atoms with Crippen molar-refractivity contribution in [3.8, 4) is 0 Å². The molecule has 0 bridgehead atoms. The van der Waals surface area contributed by atoms with Gasteiger partial charge in [-0.2, -0.15) is 4.98 Å². The van der Waals surface area contributed by atoms with E-state index in [-0.39, 0.29) is 5.69 Å². The van der Waals surface area contributed by atoms with Crippen molar-refractivity contribution in [1.29, 1.82) is 0 Å². The molecule has 0 atom stereocenters. The Morgan fingerprint density at radius 1 is 1.37 bits per heavy atom. The Morgan fingerprint density at radius 3 is 2.53 bits per heavy atom. The largest absolute Gasteiger partial charge is 0.481 e. The van der Waals surface area contributed by atoms with Crippen LogP contribution in [0.3, 0.4) is 0 Å². The molecule has 0 amide bonds. The van der Waals surface area contributed by atoms with Crippen molar-refractivity contribution in [2.24, 2.45) is 5.41 Å². The van der Waals surface area contributed by atoms with Gasteiger partial charge in [-0.25, -0.2) is 4.79 Å². The molecule has 0 aromatic carbocycles. The minimum Gasteiger partial charge on any atom is -0.481 e. The maximum absolute atomic E-state index is 11.7. The third-order valence-corrected chi connectivity index (χ3v) is 3.36. The second-order valence-electron chi connectivity index (χ2n) is 5.62. The predicted molar refractivity (Wildman–Crippen MR) is 73.2 cm³/mol. The van der Waals surface area contributed by atoms with Crippen LogP contribution in [0.4, 0.5) is 0 Å². The van der Waals surface area contributed by atoms with E-state index in [9.17, 15) is 9.59 Å². The van der Waals surface area contributed by atoms with Gasteiger partial charge in [-0.05, 0) is 46.6 Å². The Labute approximate surface area is 113 Å². The van der Waals surface area contributed by atoms with Crippen molar-refractivity contribution in [3.63, 3.8) is 0 Å². The molecule has 5 nitrogen and oxygen atoms in total. The van der Waals surface area contributed by atoms with E-state index in [1.807, 2.05) is 13.0 Å². The van der Waals surface area contributed by atoms with Crippen molar-refractivity contribution < 1.29 is 9.90 Å². The van der Waals surface area contributed by atoms with Gasteiger partial charge >= 0.3 is 11.7 Å². The lowest BCUT2D eigenvalue weighted by Gasteiger charge is -2.18. The summed E-state index contributed by atoms with van der Waals surface area (Å²) in [5.41, 5.74) is 0.696. The van der Waals surface area contributed by atoms with Gasteiger partial charge in [0.15, 0.2) is 0 Å². The zero-order valence-corrected chi connectivity index (χ0v) is 12.1. The minimum atomic E-state index is -0.780.